The van der Waals surface area contributed by atoms with E-state index in [1.165, 1.54) is 92.1 Å². The van der Waals surface area contributed by atoms with Gasteiger partial charge in [-0.3, -0.25) is 0 Å². The summed E-state index contributed by atoms with van der Waals surface area (Å²) in [5, 5.41) is 2.39. The highest BCUT2D eigenvalue weighted by atomic mass is 15.2. The molecule has 1 fully saturated rings. The van der Waals surface area contributed by atoms with Crippen LogP contribution >= 0.6 is 0 Å². The highest BCUT2D eigenvalue weighted by Gasteiger charge is 2.45. The quantitative estimate of drug-likeness (QED) is 0.0948. The number of hydrogen-bond acceptors (Lipinski definition) is 3. The average molecular weight is 1120 g/mol. The van der Waals surface area contributed by atoms with Gasteiger partial charge < -0.3 is 14.7 Å². The van der Waals surface area contributed by atoms with Crippen molar-refractivity contribution in [3.63, 3.8) is 0 Å². The number of nitrogens with zero attached hydrogens (tertiary/aromatic N) is 3. The number of para-hydroxylation sites is 2. The zero-order chi connectivity index (χ0) is 57.9. The zero-order valence-electron chi connectivity index (χ0n) is 48.6. The summed E-state index contributed by atoms with van der Waals surface area (Å²) in [5.74, 6) is 0. The monoisotopic (exact) mass is 1120 g/mol. The molecule has 0 aromatic heterocycles. The van der Waals surface area contributed by atoms with E-state index in [-0.39, 0.29) is 5.41 Å². The smallest absolute Gasteiger partial charge is 0.0540 e. The van der Waals surface area contributed by atoms with Crippen LogP contribution in [-0.4, -0.2) is 0 Å². The van der Waals surface area contributed by atoms with E-state index in [1.54, 1.807) is 0 Å². The van der Waals surface area contributed by atoms with E-state index in [4.69, 9.17) is 0 Å². The molecule has 2 aliphatic rings. The van der Waals surface area contributed by atoms with E-state index >= 15 is 0 Å². The molecule has 0 saturated heterocycles. The van der Waals surface area contributed by atoms with Gasteiger partial charge in [0.2, 0.25) is 0 Å². The fraction of sp³-hybridized carbons (Fsp3) is 0.0714. The van der Waals surface area contributed by atoms with Crippen molar-refractivity contribution < 1.29 is 0 Å². The molecule has 87 heavy (non-hydrogen) atoms. The Hall–Kier alpha value is -10.7. The Labute approximate surface area is 511 Å². The minimum Gasteiger partial charge on any atom is -0.311 e. The molecule has 0 amide bonds. The van der Waals surface area contributed by atoms with Crippen LogP contribution in [0.4, 0.5) is 51.2 Å². The largest absolute Gasteiger partial charge is 0.311 e. The van der Waals surface area contributed by atoms with Crippen LogP contribution in [0.1, 0.15) is 53.5 Å². The Morgan fingerprint density at radius 2 is 0.736 bits per heavy atom. The van der Waals surface area contributed by atoms with E-state index in [0.29, 0.717) is 0 Å². The molecule has 15 rings (SSSR count). The second kappa shape index (κ2) is 23.4. The van der Waals surface area contributed by atoms with Crippen molar-refractivity contribution in [3.8, 4) is 33.4 Å². The molecule has 1 saturated carbocycles. The van der Waals surface area contributed by atoms with Crippen LogP contribution in [0.2, 0.25) is 0 Å². The third-order valence-electron chi connectivity index (χ3n) is 18.0. The first-order valence-electron chi connectivity index (χ1n) is 30.6. The first-order chi connectivity index (χ1) is 43.1. The van der Waals surface area contributed by atoms with Gasteiger partial charge >= 0.3 is 0 Å². The highest BCUT2D eigenvalue weighted by Crippen LogP contribution is 2.58. The van der Waals surface area contributed by atoms with Crippen LogP contribution in [0.3, 0.4) is 0 Å². The Morgan fingerprint density at radius 1 is 0.322 bits per heavy atom. The number of rotatable bonds is 15. The Balaban J connectivity index is 0.774. The van der Waals surface area contributed by atoms with Gasteiger partial charge in [0, 0.05) is 56.3 Å². The van der Waals surface area contributed by atoms with E-state index in [0.717, 1.165) is 68.7 Å². The fourth-order valence-corrected chi connectivity index (χ4v) is 13.8. The second-order valence-corrected chi connectivity index (χ2v) is 23.2. The van der Waals surface area contributed by atoms with E-state index in [9.17, 15) is 0 Å². The van der Waals surface area contributed by atoms with Gasteiger partial charge in [0.1, 0.15) is 0 Å². The summed E-state index contributed by atoms with van der Waals surface area (Å²) in [6.45, 7) is 0. The number of anilines is 9. The second-order valence-electron chi connectivity index (χ2n) is 23.2. The van der Waals surface area contributed by atoms with Gasteiger partial charge in [-0.25, -0.2) is 0 Å². The minimum atomic E-state index is 0.0383. The lowest BCUT2D eigenvalue weighted by Gasteiger charge is -2.31. The molecular formula is C84H65N3. The number of fused-ring (bicyclic) bond motifs is 6. The summed E-state index contributed by atoms with van der Waals surface area (Å²) in [6, 6.07) is 120. The predicted octanol–water partition coefficient (Wildman–Crippen LogP) is 23.2. The molecule has 0 N–H and O–H groups in total. The van der Waals surface area contributed by atoms with Crippen molar-refractivity contribution in [2.75, 3.05) is 14.7 Å². The first kappa shape index (κ1) is 53.0. The van der Waals surface area contributed by atoms with Gasteiger partial charge in [-0.1, -0.05) is 243 Å². The third kappa shape index (κ3) is 10.4. The van der Waals surface area contributed by atoms with Crippen LogP contribution in [-0.2, 0) is 11.8 Å². The van der Waals surface area contributed by atoms with Crippen molar-refractivity contribution in [3.05, 3.63) is 355 Å². The molecule has 2 aliphatic carbocycles. The fourth-order valence-electron chi connectivity index (χ4n) is 13.8. The topological polar surface area (TPSA) is 9.72 Å². The van der Waals surface area contributed by atoms with Gasteiger partial charge in [0.05, 0.1) is 5.69 Å². The van der Waals surface area contributed by atoms with E-state index in [1.807, 2.05) is 0 Å². The molecule has 0 radical (unpaired) electrons. The van der Waals surface area contributed by atoms with Crippen LogP contribution in [0.5, 0.6) is 0 Å². The molecule has 0 heterocycles. The predicted molar refractivity (Wildman–Crippen MR) is 368 cm³/mol. The number of allylic oxidation sites excluding steroid dienone is 1. The molecule has 0 unspecified atom stereocenters. The van der Waals surface area contributed by atoms with Crippen molar-refractivity contribution in [2.24, 2.45) is 0 Å². The van der Waals surface area contributed by atoms with Gasteiger partial charge in [0.25, 0.3) is 0 Å². The van der Waals surface area contributed by atoms with Gasteiger partial charge in [-0.2, -0.15) is 0 Å². The molecule has 0 aliphatic heterocycles. The lowest BCUT2D eigenvalue weighted by molar-refractivity contribution is 0.550. The molecule has 13 aromatic carbocycles. The normalized spacial score (nSPS) is 13.1. The summed E-state index contributed by atoms with van der Waals surface area (Å²) in [7, 11) is 0. The summed E-state index contributed by atoms with van der Waals surface area (Å²) in [6.07, 6.45) is 8.01. The maximum Gasteiger partial charge on any atom is 0.0540 e. The van der Waals surface area contributed by atoms with Crippen LogP contribution in [0.25, 0.3) is 55.8 Å². The average Bonchev–Trinajstić information content (AvgIpc) is 1.72. The molecule has 1 spiro atoms. The minimum absolute atomic E-state index is 0.0383. The summed E-state index contributed by atoms with van der Waals surface area (Å²) < 4.78 is 0. The Morgan fingerprint density at radius 3 is 1.31 bits per heavy atom. The van der Waals surface area contributed by atoms with Crippen LogP contribution < -0.4 is 14.7 Å². The van der Waals surface area contributed by atoms with Gasteiger partial charge in [0.15, 0.2) is 0 Å². The van der Waals surface area contributed by atoms with Crippen molar-refractivity contribution >= 4 is 73.6 Å². The van der Waals surface area contributed by atoms with Gasteiger partial charge in [-0.15, -0.1) is 0 Å². The maximum atomic E-state index is 2.53. The van der Waals surface area contributed by atoms with Crippen molar-refractivity contribution in [2.45, 2.75) is 37.5 Å². The summed E-state index contributed by atoms with van der Waals surface area (Å²) >= 11 is 0. The van der Waals surface area contributed by atoms with Gasteiger partial charge in [-0.05, 0) is 195 Å². The van der Waals surface area contributed by atoms with E-state index < -0.39 is 0 Å². The molecule has 3 nitrogen and oxygen atoms in total. The third-order valence-corrected chi connectivity index (χ3v) is 18.0. The zero-order valence-corrected chi connectivity index (χ0v) is 48.6. The lowest BCUT2D eigenvalue weighted by Crippen LogP contribution is -2.21. The standard InChI is InChI=1S/C84H65N3/c1-5-20-61(21-6-1)58-69(63-22-7-2-8-23-63)59-62-34-36-64(37-35-62)65-40-46-73(47-41-65)86(77-54-55-80-79-31-15-16-32-81(79)84(82(80)60-77)56-17-18-57-84)74-50-52-76(53-51-74)87(83-33-19-25-68-24-13-14-30-78(68)83)75-48-42-67(43-49-75)66-38-44-72(45-39-66)85(70-26-9-3-10-27-70)71-28-11-4-12-29-71/h1-16,19-55,58,60H,17-18,56-57,59H2/b69-58-. The summed E-state index contributed by atoms with van der Waals surface area (Å²) in [5.41, 5.74) is 25.5. The van der Waals surface area contributed by atoms with Crippen LogP contribution in [0, 0.1) is 0 Å². The highest BCUT2D eigenvalue weighted by molar-refractivity contribution is 5.99. The molecule has 3 heteroatoms. The Kier molecular flexibility index (Phi) is 14.2. The number of hydrogen-bond donors (Lipinski definition) is 0. The van der Waals surface area contributed by atoms with Crippen LogP contribution in [0.15, 0.2) is 328 Å². The lowest BCUT2D eigenvalue weighted by atomic mass is 9.76. The van der Waals surface area contributed by atoms with Crippen molar-refractivity contribution in [1.82, 2.24) is 0 Å². The molecule has 0 atom stereocenters. The molecule has 13 aromatic rings. The number of benzene rings is 13. The Bertz CT molecular complexity index is 4490. The summed E-state index contributed by atoms with van der Waals surface area (Å²) in [4.78, 5) is 7.19. The SMILES string of the molecule is C(=C(\Cc1ccc(-c2ccc(N(c3ccc(N(c4ccc(-c5ccc(N(c6ccccc6)c6ccccc6)cc5)cc4)c4cccc5ccccc45)cc3)c3ccc4c(c3)C3(CCCC3)c3ccccc3-4)cc2)cc1)c1ccccc1)/c1ccccc1. The maximum absolute atomic E-state index is 2.53. The molecule has 416 valence electrons. The van der Waals surface area contributed by atoms with Crippen molar-refractivity contribution in [1.29, 1.82) is 0 Å². The molecule has 0 bridgehead atoms. The van der Waals surface area contributed by atoms with E-state index in [2.05, 4.69) is 348 Å². The first-order valence-corrected chi connectivity index (χ1v) is 30.6. The molecular weight excluding hydrogens is 1050 g/mol.